The molecule has 3 N–H and O–H groups in total. The maximum Gasteiger partial charge on any atom is 0.224 e. The van der Waals surface area contributed by atoms with Crippen LogP contribution in [0, 0.1) is 11.8 Å². The number of amides is 2. The lowest BCUT2D eigenvalue weighted by Gasteiger charge is -2.22. The molecule has 90 valence electrons. The molecule has 2 aliphatic rings. The molecule has 1 saturated carbocycles. The zero-order valence-electron chi connectivity index (χ0n) is 9.24. The molecule has 0 aromatic heterocycles. The van der Waals surface area contributed by atoms with E-state index in [1.807, 2.05) is 0 Å². The van der Waals surface area contributed by atoms with Crippen LogP contribution in [0.2, 0.25) is 0 Å². The molecule has 0 bridgehead atoms. The number of aliphatic hydroxyl groups is 1. The Hall–Kier alpha value is -1.10. The highest BCUT2D eigenvalue weighted by Crippen LogP contribution is 2.32. The first kappa shape index (κ1) is 11.4. The van der Waals surface area contributed by atoms with Gasteiger partial charge in [-0.2, -0.15) is 0 Å². The molecule has 2 unspecified atom stereocenters. The van der Waals surface area contributed by atoms with Crippen LogP contribution in [0.15, 0.2) is 0 Å². The minimum absolute atomic E-state index is 0.0158. The Morgan fingerprint density at radius 1 is 1.50 bits per heavy atom. The van der Waals surface area contributed by atoms with Crippen molar-refractivity contribution in [2.45, 2.75) is 31.8 Å². The fraction of sp³-hybridized carbons (Fsp3) is 0.818. The average molecular weight is 226 g/mol. The molecule has 1 aliphatic heterocycles. The van der Waals surface area contributed by atoms with Gasteiger partial charge in [-0.3, -0.25) is 9.59 Å². The molecular weight excluding hydrogens is 208 g/mol. The maximum atomic E-state index is 11.7. The molecule has 2 amide bonds. The van der Waals surface area contributed by atoms with Crippen molar-refractivity contribution in [2.75, 3.05) is 13.1 Å². The lowest BCUT2D eigenvalue weighted by atomic mass is 9.98. The highest BCUT2D eigenvalue weighted by atomic mass is 16.3. The Morgan fingerprint density at radius 3 is 2.81 bits per heavy atom. The summed E-state index contributed by atoms with van der Waals surface area (Å²) < 4.78 is 0. The summed E-state index contributed by atoms with van der Waals surface area (Å²) in [6.07, 6.45) is 2.76. The fourth-order valence-electron chi connectivity index (χ4n) is 1.95. The molecular formula is C11H18N2O3. The van der Waals surface area contributed by atoms with Gasteiger partial charge in [0.2, 0.25) is 11.8 Å². The second kappa shape index (κ2) is 4.82. The summed E-state index contributed by atoms with van der Waals surface area (Å²) in [7, 11) is 0. The molecule has 0 aromatic rings. The van der Waals surface area contributed by atoms with Crippen LogP contribution in [0.3, 0.4) is 0 Å². The first-order chi connectivity index (χ1) is 7.66. The third kappa shape index (κ3) is 2.95. The van der Waals surface area contributed by atoms with Crippen molar-refractivity contribution in [2.24, 2.45) is 11.8 Å². The third-order valence-corrected chi connectivity index (χ3v) is 3.29. The third-order valence-electron chi connectivity index (χ3n) is 3.29. The van der Waals surface area contributed by atoms with Gasteiger partial charge in [0.05, 0.1) is 12.0 Å². The summed E-state index contributed by atoms with van der Waals surface area (Å²) in [6.45, 7) is 0.762. The van der Waals surface area contributed by atoms with E-state index in [1.165, 1.54) is 0 Å². The minimum atomic E-state index is -0.401. The van der Waals surface area contributed by atoms with Crippen LogP contribution in [-0.4, -0.2) is 36.1 Å². The van der Waals surface area contributed by atoms with E-state index in [1.54, 1.807) is 0 Å². The van der Waals surface area contributed by atoms with E-state index >= 15 is 0 Å². The standard InChI is InChI=1S/C11H18N2O3/c14-9(7-1-2-7)6-13-11(16)8-3-4-10(15)12-5-8/h7-9,14H,1-6H2,(H,12,15)(H,13,16). The van der Waals surface area contributed by atoms with Gasteiger partial charge >= 0.3 is 0 Å². The van der Waals surface area contributed by atoms with Gasteiger partial charge < -0.3 is 15.7 Å². The summed E-state index contributed by atoms with van der Waals surface area (Å²) in [5.41, 5.74) is 0. The van der Waals surface area contributed by atoms with Gasteiger partial charge in [-0.1, -0.05) is 0 Å². The number of nitrogens with one attached hydrogen (secondary N) is 2. The lowest BCUT2D eigenvalue weighted by Crippen LogP contribution is -2.44. The minimum Gasteiger partial charge on any atom is -0.391 e. The van der Waals surface area contributed by atoms with Crippen LogP contribution in [0.1, 0.15) is 25.7 Å². The van der Waals surface area contributed by atoms with Gasteiger partial charge in [0, 0.05) is 19.5 Å². The largest absolute Gasteiger partial charge is 0.391 e. The van der Waals surface area contributed by atoms with E-state index in [2.05, 4.69) is 10.6 Å². The summed E-state index contributed by atoms with van der Waals surface area (Å²) in [4.78, 5) is 22.6. The maximum absolute atomic E-state index is 11.7. The van der Waals surface area contributed by atoms with Crippen molar-refractivity contribution in [1.82, 2.24) is 10.6 Å². The molecule has 1 saturated heterocycles. The summed E-state index contributed by atoms with van der Waals surface area (Å²) >= 11 is 0. The Labute approximate surface area is 94.6 Å². The SMILES string of the molecule is O=C1CCC(C(=O)NCC(O)C2CC2)CN1. The van der Waals surface area contributed by atoms with Crippen LogP contribution < -0.4 is 10.6 Å². The zero-order valence-corrected chi connectivity index (χ0v) is 9.24. The van der Waals surface area contributed by atoms with Gasteiger partial charge in [0.1, 0.15) is 0 Å². The first-order valence-corrected chi connectivity index (χ1v) is 5.89. The number of carbonyl (C=O) groups is 2. The second-order valence-electron chi connectivity index (χ2n) is 4.69. The molecule has 0 aromatic carbocycles. The van der Waals surface area contributed by atoms with Crippen LogP contribution in [-0.2, 0) is 9.59 Å². The molecule has 1 aliphatic carbocycles. The molecule has 2 rings (SSSR count). The van der Waals surface area contributed by atoms with Crippen LogP contribution in [0.5, 0.6) is 0 Å². The molecule has 5 nitrogen and oxygen atoms in total. The molecule has 0 radical (unpaired) electrons. The predicted octanol–water partition coefficient (Wildman–Crippen LogP) is -0.600. The van der Waals surface area contributed by atoms with Crippen molar-refractivity contribution in [3.63, 3.8) is 0 Å². The molecule has 2 fully saturated rings. The van der Waals surface area contributed by atoms with E-state index in [-0.39, 0.29) is 17.7 Å². The van der Waals surface area contributed by atoms with Gasteiger partial charge in [0.15, 0.2) is 0 Å². The molecule has 16 heavy (non-hydrogen) atoms. The van der Waals surface area contributed by atoms with Gasteiger partial charge in [-0.25, -0.2) is 0 Å². The number of rotatable bonds is 4. The number of hydrogen-bond acceptors (Lipinski definition) is 3. The molecule has 5 heteroatoms. The fourth-order valence-corrected chi connectivity index (χ4v) is 1.95. The Kier molecular flexibility index (Phi) is 3.43. The van der Waals surface area contributed by atoms with E-state index in [0.29, 0.717) is 31.8 Å². The molecule has 2 atom stereocenters. The zero-order chi connectivity index (χ0) is 11.5. The lowest BCUT2D eigenvalue weighted by molar-refractivity contribution is -0.129. The van der Waals surface area contributed by atoms with Crippen molar-refractivity contribution in [1.29, 1.82) is 0 Å². The summed E-state index contributed by atoms with van der Waals surface area (Å²) in [5, 5.41) is 15.0. The second-order valence-corrected chi connectivity index (χ2v) is 4.69. The number of piperidine rings is 1. The van der Waals surface area contributed by atoms with Crippen molar-refractivity contribution in [3.05, 3.63) is 0 Å². The van der Waals surface area contributed by atoms with Gasteiger partial charge in [-0.05, 0) is 25.2 Å². The number of hydrogen-bond donors (Lipinski definition) is 3. The topological polar surface area (TPSA) is 78.4 Å². The normalized spacial score (nSPS) is 27.1. The van der Waals surface area contributed by atoms with E-state index < -0.39 is 6.10 Å². The Morgan fingerprint density at radius 2 is 2.25 bits per heavy atom. The smallest absolute Gasteiger partial charge is 0.224 e. The van der Waals surface area contributed by atoms with Crippen LogP contribution in [0.4, 0.5) is 0 Å². The Bertz CT molecular complexity index is 279. The highest BCUT2D eigenvalue weighted by molar-refractivity contribution is 5.83. The predicted molar refractivity (Wildman–Crippen MR) is 57.5 cm³/mol. The van der Waals surface area contributed by atoms with Crippen LogP contribution >= 0.6 is 0 Å². The summed E-state index contributed by atoms with van der Waals surface area (Å²) in [6, 6.07) is 0. The van der Waals surface area contributed by atoms with Crippen molar-refractivity contribution in [3.8, 4) is 0 Å². The average Bonchev–Trinajstić information content (AvgIpc) is 3.10. The number of aliphatic hydroxyl groups excluding tert-OH is 1. The molecule has 0 spiro atoms. The number of carbonyl (C=O) groups excluding carboxylic acids is 2. The Balaban J connectivity index is 1.68. The van der Waals surface area contributed by atoms with Gasteiger partial charge in [0.25, 0.3) is 0 Å². The molecule has 1 heterocycles. The highest BCUT2D eigenvalue weighted by Gasteiger charge is 2.31. The quantitative estimate of drug-likeness (QED) is 0.599. The van der Waals surface area contributed by atoms with Crippen molar-refractivity contribution < 1.29 is 14.7 Å². The van der Waals surface area contributed by atoms with E-state index in [4.69, 9.17) is 0 Å². The van der Waals surface area contributed by atoms with Gasteiger partial charge in [-0.15, -0.1) is 0 Å². The monoisotopic (exact) mass is 226 g/mol. The van der Waals surface area contributed by atoms with Crippen LogP contribution in [0.25, 0.3) is 0 Å². The van der Waals surface area contributed by atoms with E-state index in [0.717, 1.165) is 12.8 Å². The first-order valence-electron chi connectivity index (χ1n) is 5.89. The van der Waals surface area contributed by atoms with Crippen molar-refractivity contribution >= 4 is 11.8 Å². The van der Waals surface area contributed by atoms with E-state index in [9.17, 15) is 14.7 Å². The summed E-state index contributed by atoms with van der Waals surface area (Å²) in [5.74, 6) is 0.206.